The molecule has 6 heteroatoms. The molecular weight excluding hydrogens is 354 g/mol. The number of hydrogen-bond donors (Lipinski definition) is 2. The highest BCUT2D eigenvalue weighted by molar-refractivity contribution is 9.10. The Bertz CT molecular complexity index is 534. The molecule has 0 aliphatic carbocycles. The molecule has 0 radical (unpaired) electrons. The van der Waals surface area contributed by atoms with Gasteiger partial charge in [0.1, 0.15) is 0 Å². The van der Waals surface area contributed by atoms with E-state index < -0.39 is 0 Å². The molecule has 0 spiro atoms. The second-order valence-corrected chi connectivity index (χ2v) is 7.13. The smallest absolute Gasteiger partial charge is 0.191 e. The summed E-state index contributed by atoms with van der Waals surface area (Å²) in [6.45, 7) is 4.57. The van der Waals surface area contributed by atoms with E-state index in [9.17, 15) is 0 Å². The van der Waals surface area contributed by atoms with Gasteiger partial charge in [0.15, 0.2) is 5.96 Å². The zero-order valence-corrected chi connectivity index (χ0v) is 14.6. The molecule has 0 bridgehead atoms. The van der Waals surface area contributed by atoms with Crippen LogP contribution in [0.4, 0.5) is 0 Å². The summed E-state index contributed by atoms with van der Waals surface area (Å²) in [6, 6.07) is 6.37. The van der Waals surface area contributed by atoms with E-state index in [2.05, 4.69) is 67.4 Å². The van der Waals surface area contributed by atoms with Gasteiger partial charge in [-0.25, -0.2) is 4.99 Å². The molecule has 2 N–H and O–H groups in total. The molecule has 0 amide bonds. The lowest BCUT2D eigenvalue weighted by Crippen LogP contribution is -2.38. The highest BCUT2D eigenvalue weighted by Gasteiger charge is 2.00. The Hall–Kier alpha value is -0.850. The van der Waals surface area contributed by atoms with Gasteiger partial charge >= 0.3 is 0 Å². The van der Waals surface area contributed by atoms with Gasteiger partial charge in [-0.15, -0.1) is 22.7 Å². The maximum Gasteiger partial charge on any atom is 0.191 e. The minimum absolute atomic E-state index is 0.713. The number of nitrogens with one attached hydrogen (secondary N) is 2. The molecule has 2 aromatic rings. The largest absolute Gasteiger partial charge is 0.357 e. The summed E-state index contributed by atoms with van der Waals surface area (Å²) in [5.74, 6) is 0.883. The quantitative estimate of drug-likeness (QED) is 0.597. The fourth-order valence-corrected chi connectivity index (χ4v) is 3.78. The monoisotopic (exact) mass is 371 g/mol. The molecule has 0 saturated heterocycles. The third kappa shape index (κ3) is 5.26. The van der Waals surface area contributed by atoms with Gasteiger partial charge in [0, 0.05) is 32.7 Å². The van der Waals surface area contributed by atoms with E-state index in [0.717, 1.165) is 29.9 Å². The molecule has 108 valence electrons. The lowest BCUT2D eigenvalue weighted by atomic mass is 10.3. The standard InChI is InChI=1S/C14H18BrN3S2/c1-2-16-14(17-6-5-12-4-3-7-19-12)18-9-13-8-11(15)10-20-13/h3-4,7-8,10H,2,5-6,9H2,1H3,(H2,16,17,18). The Morgan fingerprint density at radius 3 is 2.85 bits per heavy atom. The molecular formula is C14H18BrN3S2. The second-order valence-electron chi connectivity index (χ2n) is 4.18. The van der Waals surface area contributed by atoms with E-state index in [-0.39, 0.29) is 0 Å². The molecule has 0 saturated carbocycles. The van der Waals surface area contributed by atoms with Gasteiger partial charge in [0.05, 0.1) is 6.54 Å². The number of guanidine groups is 1. The van der Waals surface area contributed by atoms with E-state index >= 15 is 0 Å². The average molecular weight is 372 g/mol. The van der Waals surface area contributed by atoms with Gasteiger partial charge in [-0.3, -0.25) is 0 Å². The molecule has 0 aliphatic heterocycles. The first kappa shape index (κ1) is 15.5. The third-order valence-electron chi connectivity index (χ3n) is 2.60. The van der Waals surface area contributed by atoms with Crippen molar-refractivity contribution in [2.75, 3.05) is 13.1 Å². The fourth-order valence-electron chi connectivity index (χ4n) is 1.69. The van der Waals surface area contributed by atoms with Gasteiger partial charge in [-0.1, -0.05) is 6.07 Å². The van der Waals surface area contributed by atoms with Crippen molar-refractivity contribution in [3.63, 3.8) is 0 Å². The van der Waals surface area contributed by atoms with Crippen molar-refractivity contribution in [2.24, 2.45) is 4.99 Å². The molecule has 2 rings (SSSR count). The zero-order valence-electron chi connectivity index (χ0n) is 11.4. The van der Waals surface area contributed by atoms with Crippen LogP contribution in [0.3, 0.4) is 0 Å². The minimum atomic E-state index is 0.713. The van der Waals surface area contributed by atoms with Crippen molar-refractivity contribution in [3.05, 3.63) is 43.2 Å². The molecule has 0 atom stereocenters. The van der Waals surface area contributed by atoms with Crippen molar-refractivity contribution in [2.45, 2.75) is 19.9 Å². The summed E-state index contributed by atoms with van der Waals surface area (Å²) in [7, 11) is 0. The van der Waals surface area contributed by atoms with Crippen molar-refractivity contribution >= 4 is 44.6 Å². The van der Waals surface area contributed by atoms with Crippen LogP contribution in [0, 0.1) is 0 Å². The molecule has 0 aliphatic rings. The van der Waals surface area contributed by atoms with Gasteiger partial charge in [-0.2, -0.15) is 0 Å². The van der Waals surface area contributed by atoms with E-state index in [1.54, 1.807) is 22.7 Å². The van der Waals surface area contributed by atoms with Gasteiger partial charge in [0.2, 0.25) is 0 Å². The Balaban J connectivity index is 1.82. The first-order chi connectivity index (χ1) is 9.78. The van der Waals surface area contributed by atoms with E-state index in [0.29, 0.717) is 6.54 Å². The zero-order chi connectivity index (χ0) is 14.2. The van der Waals surface area contributed by atoms with Crippen LogP contribution < -0.4 is 10.6 Å². The number of rotatable bonds is 6. The Kier molecular flexibility index (Phi) is 6.56. The highest BCUT2D eigenvalue weighted by atomic mass is 79.9. The van der Waals surface area contributed by atoms with Crippen molar-refractivity contribution in [3.8, 4) is 0 Å². The Morgan fingerprint density at radius 2 is 2.20 bits per heavy atom. The maximum absolute atomic E-state index is 4.60. The van der Waals surface area contributed by atoms with Crippen molar-refractivity contribution in [1.82, 2.24) is 10.6 Å². The molecule has 0 unspecified atom stereocenters. The van der Waals surface area contributed by atoms with Crippen molar-refractivity contribution < 1.29 is 0 Å². The van der Waals surface area contributed by atoms with E-state index in [1.165, 1.54) is 9.75 Å². The van der Waals surface area contributed by atoms with Crippen LogP contribution in [-0.2, 0) is 13.0 Å². The Labute approximate surface area is 136 Å². The van der Waals surface area contributed by atoms with Gasteiger partial charge in [-0.05, 0) is 46.8 Å². The molecule has 20 heavy (non-hydrogen) atoms. The number of nitrogens with zero attached hydrogens (tertiary/aromatic N) is 1. The van der Waals surface area contributed by atoms with Gasteiger partial charge < -0.3 is 10.6 Å². The van der Waals surface area contributed by atoms with E-state index in [1.807, 2.05) is 0 Å². The SMILES string of the molecule is CCNC(=NCc1cc(Br)cs1)NCCc1cccs1. The van der Waals surface area contributed by atoms with Crippen LogP contribution in [0.1, 0.15) is 16.7 Å². The fraction of sp³-hybridized carbons (Fsp3) is 0.357. The third-order valence-corrected chi connectivity index (χ3v) is 5.22. The van der Waals surface area contributed by atoms with Crippen LogP contribution in [0.2, 0.25) is 0 Å². The van der Waals surface area contributed by atoms with Crippen molar-refractivity contribution in [1.29, 1.82) is 0 Å². The molecule has 2 heterocycles. The topological polar surface area (TPSA) is 36.4 Å². The minimum Gasteiger partial charge on any atom is -0.357 e. The predicted molar refractivity (Wildman–Crippen MR) is 92.9 cm³/mol. The lowest BCUT2D eigenvalue weighted by molar-refractivity contribution is 0.806. The van der Waals surface area contributed by atoms with Crippen LogP contribution >= 0.6 is 38.6 Å². The first-order valence-corrected chi connectivity index (χ1v) is 9.10. The van der Waals surface area contributed by atoms with E-state index in [4.69, 9.17) is 0 Å². The predicted octanol–water partition coefficient (Wildman–Crippen LogP) is 3.87. The maximum atomic E-state index is 4.60. The molecule has 3 nitrogen and oxygen atoms in total. The average Bonchev–Trinajstić information content (AvgIpc) is 3.07. The van der Waals surface area contributed by atoms with Crippen LogP contribution in [0.5, 0.6) is 0 Å². The summed E-state index contributed by atoms with van der Waals surface area (Å²) in [6.07, 6.45) is 1.03. The first-order valence-electron chi connectivity index (χ1n) is 6.55. The number of hydrogen-bond acceptors (Lipinski definition) is 3. The van der Waals surface area contributed by atoms with Crippen LogP contribution in [0.25, 0.3) is 0 Å². The van der Waals surface area contributed by atoms with Gasteiger partial charge in [0.25, 0.3) is 0 Å². The summed E-state index contributed by atoms with van der Waals surface area (Å²) >= 11 is 6.99. The second kappa shape index (κ2) is 8.44. The molecule has 2 aromatic heterocycles. The normalized spacial score (nSPS) is 11.6. The number of aliphatic imine (C=N–C) groups is 1. The number of halogens is 1. The van der Waals surface area contributed by atoms with Crippen LogP contribution in [-0.4, -0.2) is 19.0 Å². The summed E-state index contributed by atoms with van der Waals surface area (Å²) in [5.41, 5.74) is 0. The van der Waals surface area contributed by atoms with Crippen LogP contribution in [0.15, 0.2) is 38.4 Å². The number of thiophene rings is 2. The summed E-state index contributed by atoms with van der Waals surface area (Å²) in [4.78, 5) is 7.26. The highest BCUT2D eigenvalue weighted by Crippen LogP contribution is 2.20. The molecule has 0 fully saturated rings. The lowest BCUT2D eigenvalue weighted by Gasteiger charge is -2.10. The summed E-state index contributed by atoms with van der Waals surface area (Å²) in [5, 5.41) is 10.8. The molecule has 0 aromatic carbocycles. The summed E-state index contributed by atoms with van der Waals surface area (Å²) < 4.78 is 1.13. The Morgan fingerprint density at radius 1 is 1.30 bits per heavy atom.